The molecule has 1 aromatic carbocycles. The van der Waals surface area contributed by atoms with Gasteiger partial charge < -0.3 is 14.4 Å². The summed E-state index contributed by atoms with van der Waals surface area (Å²) in [5.74, 6) is 1.01. The van der Waals surface area contributed by atoms with Crippen LogP contribution in [0.5, 0.6) is 5.75 Å². The van der Waals surface area contributed by atoms with Crippen molar-refractivity contribution in [1.82, 2.24) is 9.55 Å². The van der Waals surface area contributed by atoms with Gasteiger partial charge in [-0.25, -0.2) is 4.98 Å². The number of methoxy groups -OCH3 is 1. The number of aliphatic hydroxyl groups excluding tert-OH is 1. The van der Waals surface area contributed by atoms with E-state index in [4.69, 9.17) is 4.74 Å². The second-order valence-corrected chi connectivity index (χ2v) is 6.08. The van der Waals surface area contributed by atoms with Gasteiger partial charge in [-0.05, 0) is 18.6 Å². The van der Waals surface area contributed by atoms with Crippen LogP contribution in [0.1, 0.15) is 35.8 Å². The number of thioether (sulfide) groups is 1. The molecule has 0 saturated heterocycles. The molecule has 0 saturated carbocycles. The molecule has 6 heteroatoms. The Morgan fingerprint density at radius 3 is 2.96 bits per heavy atom. The van der Waals surface area contributed by atoms with Crippen molar-refractivity contribution < 1.29 is 14.6 Å². The van der Waals surface area contributed by atoms with Crippen LogP contribution < -0.4 is 4.74 Å². The predicted octanol–water partition coefficient (Wildman–Crippen LogP) is 3.16. The fraction of sp³-hybridized carbons (Fsp3) is 0.412. The fourth-order valence-electron chi connectivity index (χ4n) is 2.20. The molecule has 0 aliphatic heterocycles. The van der Waals surface area contributed by atoms with Gasteiger partial charge >= 0.3 is 0 Å². The van der Waals surface area contributed by atoms with Gasteiger partial charge in [0.1, 0.15) is 5.75 Å². The van der Waals surface area contributed by atoms with Crippen molar-refractivity contribution in [3.05, 3.63) is 41.7 Å². The summed E-state index contributed by atoms with van der Waals surface area (Å²) in [4.78, 5) is 16.7. The Morgan fingerprint density at radius 1 is 1.43 bits per heavy atom. The van der Waals surface area contributed by atoms with E-state index >= 15 is 0 Å². The van der Waals surface area contributed by atoms with Gasteiger partial charge in [-0.15, -0.1) is 0 Å². The molecule has 2 aromatic rings. The van der Waals surface area contributed by atoms with Crippen molar-refractivity contribution >= 4 is 17.5 Å². The number of benzene rings is 1. The summed E-state index contributed by atoms with van der Waals surface area (Å²) in [7, 11) is 1.58. The van der Waals surface area contributed by atoms with Crippen molar-refractivity contribution in [2.75, 3.05) is 12.9 Å². The number of imidazole rings is 1. The molecule has 5 nitrogen and oxygen atoms in total. The minimum atomic E-state index is -0.0406. The third-order valence-corrected chi connectivity index (χ3v) is 4.51. The van der Waals surface area contributed by atoms with Crippen LogP contribution in [-0.4, -0.2) is 33.3 Å². The molecule has 0 unspecified atom stereocenters. The zero-order valence-electron chi connectivity index (χ0n) is 13.5. The van der Waals surface area contributed by atoms with E-state index in [1.165, 1.54) is 11.8 Å². The van der Waals surface area contributed by atoms with Crippen LogP contribution in [0.4, 0.5) is 0 Å². The standard InChI is InChI=1S/C17H22N2O3S/c1-3-4-8-19-14(11-20)10-18-17(19)23-12-16(21)13-6-5-7-15(9-13)22-2/h5-7,9-10,20H,3-4,8,11-12H2,1-2H3. The quantitative estimate of drug-likeness (QED) is 0.564. The lowest BCUT2D eigenvalue weighted by Gasteiger charge is -2.09. The molecule has 0 radical (unpaired) electrons. The van der Waals surface area contributed by atoms with Crippen LogP contribution in [0.15, 0.2) is 35.6 Å². The Bertz CT molecular complexity index is 655. The van der Waals surface area contributed by atoms with E-state index in [0.29, 0.717) is 17.1 Å². The minimum Gasteiger partial charge on any atom is -0.497 e. The van der Waals surface area contributed by atoms with E-state index in [2.05, 4.69) is 11.9 Å². The van der Waals surface area contributed by atoms with Crippen molar-refractivity contribution in [3.63, 3.8) is 0 Å². The number of ketones is 1. The maximum atomic E-state index is 12.3. The van der Waals surface area contributed by atoms with E-state index in [1.54, 1.807) is 25.4 Å². The first-order valence-corrected chi connectivity index (χ1v) is 8.63. The molecule has 2 rings (SSSR count). The van der Waals surface area contributed by atoms with Crippen LogP contribution in [0.3, 0.4) is 0 Å². The van der Waals surface area contributed by atoms with Gasteiger partial charge in [-0.1, -0.05) is 37.2 Å². The molecule has 124 valence electrons. The molecule has 1 aromatic heterocycles. The summed E-state index contributed by atoms with van der Waals surface area (Å²) in [6, 6.07) is 7.15. The van der Waals surface area contributed by atoms with Gasteiger partial charge in [0.05, 0.1) is 31.4 Å². The number of ether oxygens (including phenoxy) is 1. The first kappa shape index (κ1) is 17.6. The molecule has 0 atom stereocenters. The summed E-state index contributed by atoms with van der Waals surface area (Å²) in [6.07, 6.45) is 3.75. The normalized spacial score (nSPS) is 10.7. The zero-order valence-corrected chi connectivity index (χ0v) is 14.3. The number of Topliss-reactive ketones (excluding diaryl/α,β-unsaturated/α-hetero) is 1. The number of hydrogen-bond donors (Lipinski definition) is 1. The van der Waals surface area contributed by atoms with Crippen LogP contribution >= 0.6 is 11.8 Å². The van der Waals surface area contributed by atoms with Gasteiger partial charge in [0, 0.05) is 12.1 Å². The highest BCUT2D eigenvalue weighted by Crippen LogP contribution is 2.22. The van der Waals surface area contributed by atoms with E-state index < -0.39 is 0 Å². The van der Waals surface area contributed by atoms with Crippen molar-refractivity contribution in [1.29, 1.82) is 0 Å². The first-order valence-electron chi connectivity index (χ1n) is 7.65. The van der Waals surface area contributed by atoms with Crippen molar-refractivity contribution in [3.8, 4) is 5.75 Å². The van der Waals surface area contributed by atoms with Crippen LogP contribution in [0.25, 0.3) is 0 Å². The number of unbranched alkanes of at least 4 members (excludes halogenated alkanes) is 1. The molecule has 0 amide bonds. The number of rotatable bonds is 9. The maximum absolute atomic E-state index is 12.3. The Labute approximate surface area is 140 Å². The Hall–Kier alpha value is -1.79. The van der Waals surface area contributed by atoms with Gasteiger partial charge in [0.2, 0.25) is 0 Å². The number of aromatic nitrogens is 2. The van der Waals surface area contributed by atoms with Crippen molar-refractivity contribution in [2.45, 2.75) is 38.1 Å². The van der Waals surface area contributed by atoms with Crippen LogP contribution in [0.2, 0.25) is 0 Å². The highest BCUT2D eigenvalue weighted by Gasteiger charge is 2.13. The Balaban J connectivity index is 2.05. The van der Waals surface area contributed by atoms with Crippen molar-refractivity contribution in [2.24, 2.45) is 0 Å². The van der Waals surface area contributed by atoms with Gasteiger partial charge in [-0.2, -0.15) is 0 Å². The highest BCUT2D eigenvalue weighted by atomic mass is 32.2. The average molecular weight is 334 g/mol. The highest BCUT2D eigenvalue weighted by molar-refractivity contribution is 7.99. The number of carbonyl (C=O) groups is 1. The molecular formula is C17H22N2O3S. The lowest BCUT2D eigenvalue weighted by Crippen LogP contribution is -2.07. The molecule has 1 N–H and O–H groups in total. The van der Waals surface area contributed by atoms with Gasteiger partial charge in [0.25, 0.3) is 0 Å². The SMILES string of the molecule is CCCCn1c(CO)cnc1SCC(=O)c1cccc(OC)c1. The second-order valence-electron chi connectivity index (χ2n) is 5.14. The molecule has 1 heterocycles. The smallest absolute Gasteiger partial charge is 0.173 e. The number of carbonyl (C=O) groups excluding carboxylic acids is 1. The second kappa shape index (κ2) is 8.74. The van der Waals surface area contributed by atoms with Gasteiger partial charge in [-0.3, -0.25) is 4.79 Å². The molecule has 23 heavy (non-hydrogen) atoms. The number of nitrogens with zero attached hydrogens (tertiary/aromatic N) is 2. The predicted molar refractivity (Wildman–Crippen MR) is 91.1 cm³/mol. The topological polar surface area (TPSA) is 64.3 Å². The maximum Gasteiger partial charge on any atom is 0.173 e. The van der Waals surface area contributed by atoms with Crippen LogP contribution in [0, 0.1) is 0 Å². The molecule has 0 bridgehead atoms. The van der Waals surface area contributed by atoms with E-state index in [-0.39, 0.29) is 12.4 Å². The number of hydrogen-bond acceptors (Lipinski definition) is 5. The summed E-state index contributed by atoms with van der Waals surface area (Å²) >= 11 is 1.40. The van der Waals surface area contributed by atoms with Crippen LogP contribution in [-0.2, 0) is 13.2 Å². The van der Waals surface area contributed by atoms with Gasteiger partial charge in [0.15, 0.2) is 10.9 Å². The summed E-state index contributed by atoms with van der Waals surface area (Å²) in [5.41, 5.74) is 1.42. The average Bonchev–Trinajstić information content (AvgIpc) is 2.99. The van der Waals surface area contributed by atoms with E-state index in [1.807, 2.05) is 16.7 Å². The summed E-state index contributed by atoms with van der Waals surface area (Å²) in [5, 5.41) is 10.2. The number of aliphatic hydroxyl groups is 1. The Kier molecular flexibility index (Phi) is 6.67. The molecule has 0 fully saturated rings. The minimum absolute atomic E-state index is 0.0319. The first-order chi connectivity index (χ1) is 11.2. The van der Waals surface area contributed by atoms with E-state index in [0.717, 1.165) is 30.2 Å². The third kappa shape index (κ3) is 4.59. The molecule has 0 spiro atoms. The monoisotopic (exact) mass is 334 g/mol. The zero-order chi connectivity index (χ0) is 16.7. The Morgan fingerprint density at radius 2 is 2.26 bits per heavy atom. The molecule has 0 aliphatic carbocycles. The molecule has 0 aliphatic rings. The summed E-state index contributed by atoms with van der Waals surface area (Å²) in [6.45, 7) is 2.89. The lowest BCUT2D eigenvalue weighted by molar-refractivity contribution is 0.102. The lowest BCUT2D eigenvalue weighted by atomic mass is 10.1. The third-order valence-electron chi connectivity index (χ3n) is 3.52. The van der Waals surface area contributed by atoms with E-state index in [9.17, 15) is 9.90 Å². The largest absolute Gasteiger partial charge is 0.497 e. The molecular weight excluding hydrogens is 312 g/mol. The summed E-state index contributed by atoms with van der Waals surface area (Å²) < 4.78 is 7.14. The fourth-order valence-corrected chi connectivity index (χ4v) is 3.12.